The lowest BCUT2D eigenvalue weighted by atomic mass is 9.96. The summed E-state index contributed by atoms with van der Waals surface area (Å²) < 4.78 is 0. The lowest BCUT2D eigenvalue weighted by Crippen LogP contribution is -2.29. The summed E-state index contributed by atoms with van der Waals surface area (Å²) in [5.74, 6) is -1.47. The van der Waals surface area contributed by atoms with Crippen molar-refractivity contribution < 1.29 is 14.7 Å². The van der Waals surface area contributed by atoms with E-state index in [1.807, 2.05) is 36.4 Å². The number of likely N-dealkylation sites (tertiary alicyclic amines) is 1. The van der Waals surface area contributed by atoms with Crippen LogP contribution in [0.1, 0.15) is 22.7 Å². The van der Waals surface area contributed by atoms with Gasteiger partial charge in [0.15, 0.2) is 0 Å². The maximum atomic E-state index is 12.9. The molecule has 0 unspecified atom stereocenters. The van der Waals surface area contributed by atoms with Crippen LogP contribution in [0.3, 0.4) is 0 Å². The fourth-order valence-electron chi connectivity index (χ4n) is 3.47. The van der Waals surface area contributed by atoms with Crippen LogP contribution in [-0.2, 0) is 16.1 Å². The van der Waals surface area contributed by atoms with Crippen LogP contribution in [0.5, 0.6) is 0 Å². The van der Waals surface area contributed by atoms with Crippen molar-refractivity contribution in [1.29, 1.82) is 0 Å². The van der Waals surface area contributed by atoms with E-state index in [0.29, 0.717) is 5.56 Å². The molecule has 0 aliphatic carbocycles. The number of benzene rings is 2. The molecule has 3 aromatic rings. The number of hydrogen-bond acceptors (Lipinski definition) is 4. The highest BCUT2D eigenvalue weighted by Gasteiger charge is 2.45. The third-order valence-electron chi connectivity index (χ3n) is 4.80. The third-order valence-corrected chi connectivity index (χ3v) is 4.80. The summed E-state index contributed by atoms with van der Waals surface area (Å²) in [5, 5.41) is 10.9. The Bertz CT molecular complexity index is 1030. The number of amides is 1. The lowest BCUT2D eigenvalue weighted by Gasteiger charge is -2.25. The van der Waals surface area contributed by atoms with Crippen LogP contribution in [0.25, 0.3) is 5.76 Å². The van der Waals surface area contributed by atoms with Gasteiger partial charge in [0.2, 0.25) is 0 Å². The van der Waals surface area contributed by atoms with Crippen molar-refractivity contribution in [3.63, 3.8) is 0 Å². The van der Waals surface area contributed by atoms with E-state index in [0.717, 1.165) is 11.1 Å². The Morgan fingerprint density at radius 2 is 1.50 bits per heavy atom. The van der Waals surface area contributed by atoms with Crippen molar-refractivity contribution in [3.8, 4) is 0 Å². The molecule has 28 heavy (non-hydrogen) atoms. The van der Waals surface area contributed by atoms with Crippen molar-refractivity contribution in [2.24, 2.45) is 0 Å². The molecular weight excluding hydrogens is 352 g/mol. The maximum Gasteiger partial charge on any atom is 0.295 e. The molecule has 0 bridgehead atoms. The molecule has 1 aliphatic rings. The van der Waals surface area contributed by atoms with Gasteiger partial charge in [-0.05, 0) is 23.3 Å². The van der Waals surface area contributed by atoms with Gasteiger partial charge in [0.25, 0.3) is 11.7 Å². The minimum atomic E-state index is -0.681. The number of pyridine rings is 1. The summed E-state index contributed by atoms with van der Waals surface area (Å²) >= 11 is 0. The molecule has 1 atom stereocenters. The second-order valence-electron chi connectivity index (χ2n) is 6.56. The number of carbonyl (C=O) groups excluding carboxylic acids is 2. The number of Topliss-reactive ketones (excluding diaryl/α,β-unsaturated/α-hetero) is 1. The Morgan fingerprint density at radius 1 is 0.893 bits per heavy atom. The molecule has 1 N–H and O–H groups in total. The van der Waals surface area contributed by atoms with E-state index < -0.39 is 17.7 Å². The van der Waals surface area contributed by atoms with Gasteiger partial charge >= 0.3 is 0 Å². The quantitative estimate of drug-likeness (QED) is 0.432. The second-order valence-corrected chi connectivity index (χ2v) is 6.56. The fourth-order valence-corrected chi connectivity index (χ4v) is 3.47. The van der Waals surface area contributed by atoms with Gasteiger partial charge in [-0.2, -0.15) is 0 Å². The van der Waals surface area contributed by atoms with Gasteiger partial charge in [-0.25, -0.2) is 0 Å². The molecule has 138 valence electrons. The predicted octanol–water partition coefficient (Wildman–Crippen LogP) is 3.70. The smallest absolute Gasteiger partial charge is 0.295 e. The van der Waals surface area contributed by atoms with Crippen LogP contribution >= 0.6 is 0 Å². The topological polar surface area (TPSA) is 70.5 Å². The van der Waals surface area contributed by atoms with E-state index in [2.05, 4.69) is 4.98 Å². The number of aliphatic hydroxyl groups is 1. The normalized spacial score (nSPS) is 18.4. The van der Waals surface area contributed by atoms with Crippen LogP contribution < -0.4 is 0 Å². The van der Waals surface area contributed by atoms with E-state index in [-0.39, 0.29) is 17.9 Å². The maximum absolute atomic E-state index is 12.9. The molecule has 2 aromatic carbocycles. The molecule has 2 heterocycles. The molecule has 1 aliphatic heterocycles. The highest BCUT2D eigenvalue weighted by molar-refractivity contribution is 6.46. The SMILES string of the molecule is O=C1C(=O)N(Cc2ccccc2)[C@H](c2ccncc2)C1=C(O)c1ccccc1. The first-order valence-corrected chi connectivity index (χ1v) is 8.94. The zero-order valence-corrected chi connectivity index (χ0v) is 15.0. The standard InChI is InChI=1S/C23H18N2O3/c26-21(18-9-5-2-6-10-18)19-20(17-11-13-24-14-12-17)25(23(28)22(19)27)15-16-7-3-1-4-8-16/h1-14,20,26H,15H2/t20-/m1/s1. The molecule has 4 rings (SSSR count). The first-order chi connectivity index (χ1) is 13.7. The molecule has 0 spiro atoms. The monoisotopic (exact) mass is 370 g/mol. The van der Waals surface area contributed by atoms with Gasteiger partial charge in [-0.15, -0.1) is 0 Å². The third kappa shape index (κ3) is 3.18. The zero-order valence-electron chi connectivity index (χ0n) is 15.0. The number of aliphatic hydroxyl groups excluding tert-OH is 1. The fraction of sp³-hybridized carbons (Fsp3) is 0.0870. The molecule has 1 amide bonds. The van der Waals surface area contributed by atoms with Crippen molar-refractivity contribution in [2.45, 2.75) is 12.6 Å². The van der Waals surface area contributed by atoms with E-state index in [1.165, 1.54) is 4.90 Å². The number of rotatable bonds is 4. The van der Waals surface area contributed by atoms with Gasteiger partial charge < -0.3 is 10.0 Å². The summed E-state index contributed by atoms with van der Waals surface area (Å²) in [5.41, 5.74) is 2.23. The van der Waals surface area contributed by atoms with E-state index in [4.69, 9.17) is 0 Å². The van der Waals surface area contributed by atoms with E-state index in [1.54, 1.807) is 48.8 Å². The molecule has 0 radical (unpaired) electrons. The highest BCUT2D eigenvalue weighted by atomic mass is 16.3. The minimum Gasteiger partial charge on any atom is -0.507 e. The van der Waals surface area contributed by atoms with Crippen molar-refractivity contribution in [2.75, 3.05) is 0 Å². The Labute approximate surface area is 162 Å². The molecule has 1 saturated heterocycles. The predicted molar refractivity (Wildman–Crippen MR) is 105 cm³/mol. The Balaban J connectivity index is 1.85. The summed E-state index contributed by atoms with van der Waals surface area (Å²) in [7, 11) is 0. The Hall–Kier alpha value is -3.73. The van der Waals surface area contributed by atoms with Gasteiger partial charge in [-0.3, -0.25) is 14.6 Å². The molecule has 5 nitrogen and oxygen atoms in total. The largest absolute Gasteiger partial charge is 0.507 e. The molecular formula is C23H18N2O3. The number of ketones is 1. The molecule has 5 heteroatoms. The van der Waals surface area contributed by atoms with Crippen LogP contribution in [-0.4, -0.2) is 26.7 Å². The summed E-state index contributed by atoms with van der Waals surface area (Å²) in [6.07, 6.45) is 3.22. The van der Waals surface area contributed by atoms with Gasteiger partial charge in [-0.1, -0.05) is 60.7 Å². The van der Waals surface area contributed by atoms with Crippen molar-refractivity contribution in [3.05, 3.63) is 107 Å². The summed E-state index contributed by atoms with van der Waals surface area (Å²) in [6.45, 7) is 0.268. The summed E-state index contributed by atoms with van der Waals surface area (Å²) in [4.78, 5) is 31.3. The van der Waals surface area contributed by atoms with E-state index in [9.17, 15) is 14.7 Å². The van der Waals surface area contributed by atoms with Gasteiger partial charge in [0.05, 0.1) is 11.6 Å². The van der Waals surface area contributed by atoms with Gasteiger partial charge in [0.1, 0.15) is 5.76 Å². The number of hydrogen-bond donors (Lipinski definition) is 1. The Morgan fingerprint density at radius 3 is 2.14 bits per heavy atom. The van der Waals surface area contributed by atoms with Crippen molar-refractivity contribution >= 4 is 17.4 Å². The minimum absolute atomic E-state index is 0.0957. The highest BCUT2D eigenvalue weighted by Crippen LogP contribution is 2.39. The van der Waals surface area contributed by atoms with Crippen LogP contribution in [0.4, 0.5) is 0 Å². The molecule has 0 saturated carbocycles. The number of aromatic nitrogens is 1. The van der Waals surface area contributed by atoms with Crippen LogP contribution in [0, 0.1) is 0 Å². The number of carbonyl (C=O) groups is 2. The summed E-state index contributed by atoms with van der Waals surface area (Å²) in [6, 6.07) is 21.1. The van der Waals surface area contributed by atoms with Crippen LogP contribution in [0.15, 0.2) is 90.8 Å². The molecule has 1 fully saturated rings. The number of nitrogens with zero attached hydrogens (tertiary/aromatic N) is 2. The average molecular weight is 370 g/mol. The van der Waals surface area contributed by atoms with Gasteiger partial charge in [0, 0.05) is 24.5 Å². The van der Waals surface area contributed by atoms with Crippen LogP contribution in [0.2, 0.25) is 0 Å². The first-order valence-electron chi connectivity index (χ1n) is 8.94. The van der Waals surface area contributed by atoms with E-state index >= 15 is 0 Å². The molecule has 1 aromatic heterocycles. The first kappa shape index (κ1) is 17.7. The lowest BCUT2D eigenvalue weighted by molar-refractivity contribution is -0.140. The second kappa shape index (κ2) is 7.48. The van der Waals surface area contributed by atoms with Crippen molar-refractivity contribution in [1.82, 2.24) is 9.88 Å². The average Bonchev–Trinajstić information content (AvgIpc) is 3.00. The Kier molecular flexibility index (Phi) is 4.72. The zero-order chi connectivity index (χ0) is 19.5.